The van der Waals surface area contributed by atoms with Crippen molar-refractivity contribution in [3.05, 3.63) is 83.7 Å². The number of fused-ring (bicyclic) bond motifs is 2. The van der Waals surface area contributed by atoms with Crippen molar-refractivity contribution in [3.63, 3.8) is 0 Å². The van der Waals surface area contributed by atoms with Gasteiger partial charge in [0.05, 0.1) is 25.5 Å². The van der Waals surface area contributed by atoms with Crippen LogP contribution in [0, 0.1) is 0 Å². The molecule has 0 saturated carbocycles. The summed E-state index contributed by atoms with van der Waals surface area (Å²) in [5, 5.41) is 21.2. The maximum absolute atomic E-state index is 14.0. The molecule has 0 bridgehead atoms. The summed E-state index contributed by atoms with van der Waals surface area (Å²) < 4.78 is 14.7. The minimum atomic E-state index is -0.847. The highest BCUT2D eigenvalue weighted by Gasteiger charge is 2.24. The molecule has 2 aromatic carbocycles. The molecule has 0 radical (unpaired) electrons. The van der Waals surface area contributed by atoms with E-state index in [9.17, 15) is 24.6 Å². The molecule has 1 aliphatic heterocycles. The van der Waals surface area contributed by atoms with E-state index in [-0.39, 0.29) is 31.9 Å². The Kier molecular flexibility index (Phi) is 11.7. The van der Waals surface area contributed by atoms with Crippen LogP contribution in [0.1, 0.15) is 50.9 Å². The molecule has 1 amide bonds. The number of aromatic hydroxyl groups is 2. The van der Waals surface area contributed by atoms with Gasteiger partial charge in [0.1, 0.15) is 31.0 Å². The molecule has 3 aromatic rings. The summed E-state index contributed by atoms with van der Waals surface area (Å²) in [4.78, 5) is 47.0. The Labute approximate surface area is 296 Å². The fraction of sp³-hybridized carbons (Fsp3) is 0.333. The van der Waals surface area contributed by atoms with Gasteiger partial charge in [0.25, 0.3) is 5.91 Å². The lowest BCUT2D eigenvalue weighted by Gasteiger charge is -2.23. The van der Waals surface area contributed by atoms with Crippen molar-refractivity contribution in [2.75, 3.05) is 51.3 Å². The van der Waals surface area contributed by atoms with Gasteiger partial charge in [-0.05, 0) is 57.5 Å². The minimum absolute atomic E-state index is 0.0875. The molecule has 2 aliphatic rings. The minimum Gasteiger partial charge on any atom is -0.492 e. The molecule has 2 N–H and O–H groups in total. The smallest absolute Gasteiger partial charge is 0.333 e. The SMILES string of the molecule is CCN(CC)c1ccc2c(-c3ccccc3C(=O)N(C)CCOC(=O)CCC(=O)On3c(O)ccc3O)c3ccc(=[N+](CC)CC)cc-3oc2c1. The first kappa shape index (κ1) is 36.5. The van der Waals surface area contributed by atoms with E-state index in [1.54, 1.807) is 13.1 Å². The third kappa shape index (κ3) is 8.01. The van der Waals surface area contributed by atoms with E-state index < -0.39 is 23.7 Å². The Balaban J connectivity index is 1.39. The largest absolute Gasteiger partial charge is 0.492 e. The van der Waals surface area contributed by atoms with Gasteiger partial charge < -0.3 is 34.0 Å². The maximum atomic E-state index is 14.0. The van der Waals surface area contributed by atoms with Crippen LogP contribution in [-0.2, 0) is 14.3 Å². The van der Waals surface area contributed by atoms with Crippen LogP contribution in [0.4, 0.5) is 5.69 Å². The summed E-state index contributed by atoms with van der Waals surface area (Å²) in [6, 6.07) is 22.2. The second-order valence-corrected chi connectivity index (χ2v) is 12.0. The monoisotopic (exact) mass is 697 g/mol. The summed E-state index contributed by atoms with van der Waals surface area (Å²) in [6.45, 7) is 11.9. The van der Waals surface area contributed by atoms with Crippen LogP contribution in [-0.4, -0.2) is 84.1 Å². The van der Waals surface area contributed by atoms with Crippen molar-refractivity contribution in [2.45, 2.75) is 40.5 Å². The maximum Gasteiger partial charge on any atom is 0.333 e. The van der Waals surface area contributed by atoms with Gasteiger partial charge in [-0.15, -0.1) is 4.73 Å². The molecular formula is C39H45N4O8+. The number of nitrogens with zero attached hydrogens (tertiary/aromatic N) is 4. The molecule has 0 saturated heterocycles. The Morgan fingerprint density at radius 2 is 1.51 bits per heavy atom. The van der Waals surface area contributed by atoms with Gasteiger partial charge in [0, 0.05) is 72.2 Å². The van der Waals surface area contributed by atoms with Crippen LogP contribution >= 0.6 is 0 Å². The van der Waals surface area contributed by atoms with E-state index in [0.717, 1.165) is 71.4 Å². The molecule has 0 fully saturated rings. The van der Waals surface area contributed by atoms with Crippen molar-refractivity contribution in [1.82, 2.24) is 14.2 Å². The third-order valence-corrected chi connectivity index (χ3v) is 8.93. The van der Waals surface area contributed by atoms with Gasteiger partial charge in [-0.3, -0.25) is 9.59 Å². The van der Waals surface area contributed by atoms with Crippen molar-refractivity contribution < 1.29 is 38.6 Å². The number of ether oxygens (including phenoxy) is 1. The normalized spacial score (nSPS) is 11.1. The fourth-order valence-corrected chi connectivity index (χ4v) is 6.14. The summed E-state index contributed by atoms with van der Waals surface area (Å²) in [6.07, 6.45) is -0.622. The summed E-state index contributed by atoms with van der Waals surface area (Å²) in [5.74, 6) is -1.97. The third-order valence-electron chi connectivity index (χ3n) is 8.93. The van der Waals surface area contributed by atoms with Gasteiger partial charge in [0.2, 0.25) is 17.1 Å². The van der Waals surface area contributed by atoms with E-state index in [2.05, 4.69) is 73.6 Å². The highest BCUT2D eigenvalue weighted by Crippen LogP contribution is 2.42. The van der Waals surface area contributed by atoms with Gasteiger partial charge >= 0.3 is 11.9 Å². The molecular weight excluding hydrogens is 652 g/mol. The molecule has 0 spiro atoms. The van der Waals surface area contributed by atoms with Crippen LogP contribution in [0.15, 0.2) is 77.2 Å². The number of likely N-dealkylation sites (N-methyl/N-ethyl adjacent to an activating group) is 1. The van der Waals surface area contributed by atoms with Gasteiger partial charge in [-0.2, -0.15) is 0 Å². The standard InChI is InChI=1S/C39H44N4O8/c1-6-41(7-2)26-14-16-30-32(24-26)50-33-25-27(42(8-3)9-4)15-17-31(33)38(30)28-12-10-11-13-29(28)39(48)40(5)22-23-49-36(46)20-21-37(47)51-43-34(44)18-19-35(43)45/h10-19,24-25,48H,6-9,20-23H2,1-5H3/p+1. The van der Waals surface area contributed by atoms with Crippen molar-refractivity contribution in [1.29, 1.82) is 0 Å². The molecule has 5 rings (SSSR count). The zero-order valence-electron chi connectivity index (χ0n) is 29.7. The first-order valence-electron chi connectivity index (χ1n) is 17.2. The van der Waals surface area contributed by atoms with E-state index in [0.29, 0.717) is 21.6 Å². The quantitative estimate of drug-likeness (QED) is 0.0920. The number of benzene rings is 3. The molecule has 51 heavy (non-hydrogen) atoms. The lowest BCUT2D eigenvalue weighted by Crippen LogP contribution is -2.31. The van der Waals surface area contributed by atoms with E-state index in [1.165, 1.54) is 4.90 Å². The number of amides is 1. The number of esters is 1. The second-order valence-electron chi connectivity index (χ2n) is 12.0. The topological polar surface area (TPSA) is 138 Å². The fourth-order valence-electron chi connectivity index (χ4n) is 6.14. The van der Waals surface area contributed by atoms with Crippen LogP contribution in [0.5, 0.6) is 11.8 Å². The average Bonchev–Trinajstić information content (AvgIpc) is 3.45. The average molecular weight is 698 g/mol. The van der Waals surface area contributed by atoms with Crippen molar-refractivity contribution >= 4 is 34.5 Å². The molecule has 1 aromatic heterocycles. The molecule has 0 atom stereocenters. The molecule has 0 unspecified atom stereocenters. The molecule has 2 heterocycles. The Bertz CT molecular complexity index is 2050. The highest BCUT2D eigenvalue weighted by atomic mass is 16.7. The van der Waals surface area contributed by atoms with Crippen molar-refractivity contribution in [2.24, 2.45) is 0 Å². The zero-order valence-corrected chi connectivity index (χ0v) is 29.7. The van der Waals surface area contributed by atoms with Gasteiger partial charge in [-0.1, -0.05) is 18.2 Å². The lowest BCUT2D eigenvalue weighted by atomic mass is 9.90. The number of rotatable bonds is 14. The lowest BCUT2D eigenvalue weighted by molar-refractivity contribution is -0.151. The van der Waals surface area contributed by atoms with Crippen molar-refractivity contribution in [3.8, 4) is 34.2 Å². The number of carbonyl (C=O) groups is 3. The highest BCUT2D eigenvalue weighted by molar-refractivity contribution is 6.09. The summed E-state index contributed by atoms with van der Waals surface area (Å²) in [5.41, 5.74) is 4.78. The summed E-state index contributed by atoms with van der Waals surface area (Å²) >= 11 is 0. The Hall–Kier alpha value is -5.78. The Morgan fingerprint density at radius 3 is 2.20 bits per heavy atom. The first-order valence-corrected chi connectivity index (χ1v) is 17.2. The predicted octanol–water partition coefficient (Wildman–Crippen LogP) is 5.13. The number of hydrogen-bond donors (Lipinski definition) is 2. The van der Waals surface area contributed by atoms with Crippen LogP contribution in [0.25, 0.3) is 33.4 Å². The van der Waals surface area contributed by atoms with Gasteiger partial charge in [0.15, 0.2) is 0 Å². The molecule has 1 aliphatic carbocycles. The number of aromatic nitrogens is 1. The molecule has 12 heteroatoms. The number of carbonyl (C=O) groups excluding carboxylic acids is 3. The predicted molar refractivity (Wildman–Crippen MR) is 195 cm³/mol. The van der Waals surface area contributed by atoms with E-state index in [4.69, 9.17) is 14.0 Å². The summed E-state index contributed by atoms with van der Waals surface area (Å²) in [7, 11) is 1.64. The van der Waals surface area contributed by atoms with Crippen LogP contribution in [0.2, 0.25) is 0 Å². The number of anilines is 1. The number of hydrogen-bond acceptors (Lipinski definition) is 9. The second kappa shape index (κ2) is 16.3. The van der Waals surface area contributed by atoms with E-state index >= 15 is 0 Å². The van der Waals surface area contributed by atoms with E-state index in [1.807, 2.05) is 18.2 Å². The van der Waals surface area contributed by atoms with Crippen LogP contribution in [0.3, 0.4) is 0 Å². The molecule has 12 nitrogen and oxygen atoms in total. The van der Waals surface area contributed by atoms with Gasteiger partial charge in [-0.25, -0.2) is 9.37 Å². The van der Waals surface area contributed by atoms with Crippen LogP contribution < -0.4 is 19.7 Å². The Morgan fingerprint density at radius 1 is 0.824 bits per heavy atom. The zero-order chi connectivity index (χ0) is 36.7. The molecule has 268 valence electrons. The first-order chi connectivity index (χ1) is 24.6.